The molecule has 0 bridgehead atoms. The molecule has 1 aromatic rings. The molecule has 0 radical (unpaired) electrons. The number of aromatic nitrogens is 1. The van der Waals surface area contributed by atoms with Crippen LogP contribution in [0.3, 0.4) is 0 Å². The fourth-order valence-corrected chi connectivity index (χ4v) is 3.05. The van der Waals surface area contributed by atoms with Crippen LogP contribution in [0.1, 0.15) is 73.4 Å². The molecule has 2 rings (SSSR count). The van der Waals surface area contributed by atoms with E-state index in [4.69, 9.17) is 5.73 Å². The highest BCUT2D eigenvalue weighted by molar-refractivity contribution is 6.02. The molecule has 4 N–H and O–H groups in total. The van der Waals surface area contributed by atoms with Gasteiger partial charge < -0.3 is 16.0 Å². The fourth-order valence-electron chi connectivity index (χ4n) is 3.05. The normalized spacial score (nSPS) is 16.0. The van der Waals surface area contributed by atoms with Crippen molar-refractivity contribution in [3.05, 3.63) is 33.2 Å². The topological polar surface area (TPSA) is 105 Å². The van der Waals surface area contributed by atoms with Crippen LogP contribution in [0, 0.1) is 5.41 Å². The van der Waals surface area contributed by atoms with Crippen LogP contribution in [-0.2, 0) is 6.42 Å². The summed E-state index contributed by atoms with van der Waals surface area (Å²) in [5, 5.41) is 2.72. The van der Waals surface area contributed by atoms with Crippen molar-refractivity contribution in [2.45, 2.75) is 58.9 Å². The molecule has 1 aliphatic carbocycles. The van der Waals surface area contributed by atoms with E-state index in [-0.39, 0.29) is 35.7 Å². The van der Waals surface area contributed by atoms with E-state index in [0.29, 0.717) is 24.1 Å². The third-order valence-electron chi connectivity index (χ3n) is 4.97. The second-order valence-corrected chi connectivity index (χ2v) is 7.60. The number of H-pyrrole nitrogens is 1. The summed E-state index contributed by atoms with van der Waals surface area (Å²) in [7, 11) is 0. The van der Waals surface area contributed by atoms with Crippen LogP contribution in [0.2, 0.25) is 0 Å². The van der Waals surface area contributed by atoms with Crippen molar-refractivity contribution in [1.29, 1.82) is 0 Å². The first-order valence-electron chi connectivity index (χ1n) is 8.47. The number of hydrogen-bond acceptors (Lipinski definition) is 4. The first kappa shape index (κ1) is 21.4. The molecule has 1 aromatic heterocycles. The first-order chi connectivity index (χ1) is 11.1. The summed E-state index contributed by atoms with van der Waals surface area (Å²) in [6.45, 7) is 8.19. The van der Waals surface area contributed by atoms with Gasteiger partial charge in [-0.2, -0.15) is 0 Å². The summed E-state index contributed by atoms with van der Waals surface area (Å²) < 4.78 is 0. The summed E-state index contributed by atoms with van der Waals surface area (Å²) in [6.07, 6.45) is 2.46. The molecule has 1 amide bonds. The quantitative estimate of drug-likeness (QED) is 0.739. The third kappa shape index (κ3) is 4.70. The number of amides is 1. The highest BCUT2D eigenvalue weighted by atomic mass is 35.5. The number of nitrogens with one attached hydrogen (secondary N) is 2. The zero-order chi connectivity index (χ0) is 18.1. The Morgan fingerprint density at radius 3 is 2.44 bits per heavy atom. The maximum Gasteiger partial charge on any atom is 0.261 e. The number of Topliss-reactive ketones (excluding diaryl/α,β-unsaturated/α-hetero) is 1. The Kier molecular flexibility index (Phi) is 6.59. The van der Waals surface area contributed by atoms with Crippen LogP contribution < -0.4 is 16.6 Å². The molecule has 0 aliphatic heterocycles. The van der Waals surface area contributed by atoms with Crippen LogP contribution in [0.5, 0.6) is 0 Å². The minimum Gasteiger partial charge on any atom is -0.350 e. The van der Waals surface area contributed by atoms with E-state index in [2.05, 4.69) is 10.3 Å². The SMILES string of the molecule is CCC(N)(CC)CNC(=O)c1cc2c([nH]c1=O)CC(C)(C)CC2=O.Cl. The van der Waals surface area contributed by atoms with Gasteiger partial charge in [0, 0.05) is 29.8 Å². The maximum absolute atomic E-state index is 12.4. The summed E-state index contributed by atoms with van der Waals surface area (Å²) >= 11 is 0. The van der Waals surface area contributed by atoms with Gasteiger partial charge in [-0.3, -0.25) is 14.4 Å². The van der Waals surface area contributed by atoms with Gasteiger partial charge in [0.25, 0.3) is 11.5 Å². The summed E-state index contributed by atoms with van der Waals surface area (Å²) in [4.78, 5) is 39.7. The Morgan fingerprint density at radius 1 is 1.28 bits per heavy atom. The molecule has 0 saturated carbocycles. The van der Waals surface area contributed by atoms with Crippen molar-refractivity contribution >= 4 is 24.1 Å². The Hall–Kier alpha value is -1.66. The molecule has 0 atom stereocenters. The van der Waals surface area contributed by atoms with Crippen molar-refractivity contribution in [3.8, 4) is 0 Å². The number of fused-ring (bicyclic) bond motifs is 1. The number of carbonyl (C=O) groups is 2. The lowest BCUT2D eigenvalue weighted by Crippen LogP contribution is -2.49. The maximum atomic E-state index is 12.4. The molecular weight excluding hydrogens is 342 g/mol. The molecule has 0 fully saturated rings. The van der Waals surface area contributed by atoms with Crippen LogP contribution in [0.4, 0.5) is 0 Å². The van der Waals surface area contributed by atoms with E-state index < -0.39 is 17.0 Å². The third-order valence-corrected chi connectivity index (χ3v) is 4.97. The number of nitrogens with two attached hydrogens (primary N) is 1. The van der Waals surface area contributed by atoms with Crippen molar-refractivity contribution in [3.63, 3.8) is 0 Å². The van der Waals surface area contributed by atoms with Gasteiger partial charge >= 0.3 is 0 Å². The van der Waals surface area contributed by atoms with Crippen LogP contribution >= 0.6 is 12.4 Å². The molecule has 0 spiro atoms. The standard InChI is InChI=1S/C18H27N3O3.ClH/c1-5-18(19,6-2)10-20-15(23)12-7-11-13(21-16(12)24)8-17(3,4)9-14(11)22;/h7H,5-6,8-10,19H2,1-4H3,(H,20,23)(H,21,24);1H. The smallest absolute Gasteiger partial charge is 0.261 e. The van der Waals surface area contributed by atoms with E-state index in [9.17, 15) is 14.4 Å². The Morgan fingerprint density at radius 2 is 1.88 bits per heavy atom. The number of hydrogen-bond donors (Lipinski definition) is 3. The average Bonchev–Trinajstić information content (AvgIpc) is 2.50. The van der Waals surface area contributed by atoms with Gasteiger partial charge in [0.2, 0.25) is 0 Å². The van der Waals surface area contributed by atoms with Crippen molar-refractivity contribution in [1.82, 2.24) is 10.3 Å². The van der Waals surface area contributed by atoms with E-state index in [0.717, 1.165) is 12.8 Å². The van der Waals surface area contributed by atoms with E-state index in [1.165, 1.54) is 6.07 Å². The lowest BCUT2D eigenvalue weighted by molar-refractivity contribution is 0.0910. The van der Waals surface area contributed by atoms with Gasteiger partial charge in [0.05, 0.1) is 0 Å². The molecule has 0 aromatic carbocycles. The van der Waals surface area contributed by atoms with Crippen molar-refractivity contribution < 1.29 is 9.59 Å². The number of halogens is 1. The lowest BCUT2D eigenvalue weighted by Gasteiger charge is -2.30. The van der Waals surface area contributed by atoms with Gasteiger partial charge in [-0.15, -0.1) is 12.4 Å². The average molecular weight is 370 g/mol. The Labute approximate surface area is 154 Å². The minimum atomic E-state index is -0.492. The zero-order valence-corrected chi connectivity index (χ0v) is 16.1. The predicted octanol–water partition coefficient (Wildman–Crippen LogP) is 2.20. The number of ketones is 1. The molecule has 0 saturated heterocycles. The fraction of sp³-hybridized carbons (Fsp3) is 0.611. The van der Waals surface area contributed by atoms with Crippen LogP contribution in [0.25, 0.3) is 0 Å². The van der Waals surface area contributed by atoms with Gasteiger partial charge in [0.1, 0.15) is 5.56 Å². The molecular formula is C18H28ClN3O3. The van der Waals surface area contributed by atoms with Crippen LogP contribution in [-0.4, -0.2) is 28.8 Å². The number of aromatic amines is 1. The highest BCUT2D eigenvalue weighted by Crippen LogP contribution is 2.33. The van der Waals surface area contributed by atoms with Crippen molar-refractivity contribution in [2.75, 3.05) is 6.54 Å². The molecule has 140 valence electrons. The van der Waals surface area contributed by atoms with Crippen molar-refractivity contribution in [2.24, 2.45) is 11.1 Å². The first-order valence-corrected chi connectivity index (χ1v) is 8.47. The van der Waals surface area contributed by atoms with Gasteiger partial charge in [-0.05, 0) is 30.7 Å². The number of pyridine rings is 1. The van der Waals surface area contributed by atoms with E-state index in [1.807, 2.05) is 27.7 Å². The Bertz CT molecular complexity index is 721. The minimum absolute atomic E-state index is 0. The molecule has 1 heterocycles. The number of rotatable bonds is 5. The molecule has 7 heteroatoms. The molecule has 0 unspecified atom stereocenters. The summed E-state index contributed by atoms with van der Waals surface area (Å²) in [6, 6.07) is 1.43. The Balaban J connectivity index is 0.00000312. The second kappa shape index (κ2) is 7.70. The number of carbonyl (C=O) groups excluding carboxylic acids is 2. The molecule has 6 nitrogen and oxygen atoms in total. The van der Waals surface area contributed by atoms with E-state index in [1.54, 1.807) is 0 Å². The summed E-state index contributed by atoms with van der Waals surface area (Å²) in [5.41, 5.74) is 6.07. The lowest BCUT2D eigenvalue weighted by atomic mass is 9.75. The largest absolute Gasteiger partial charge is 0.350 e. The highest BCUT2D eigenvalue weighted by Gasteiger charge is 2.33. The van der Waals surface area contributed by atoms with Gasteiger partial charge in [0.15, 0.2) is 5.78 Å². The summed E-state index contributed by atoms with van der Waals surface area (Å²) in [5.74, 6) is -0.532. The zero-order valence-electron chi connectivity index (χ0n) is 15.3. The second-order valence-electron chi connectivity index (χ2n) is 7.60. The van der Waals surface area contributed by atoms with Gasteiger partial charge in [-0.1, -0.05) is 27.7 Å². The molecule has 1 aliphatic rings. The molecule has 25 heavy (non-hydrogen) atoms. The predicted molar refractivity (Wildman–Crippen MR) is 101 cm³/mol. The van der Waals surface area contributed by atoms with E-state index >= 15 is 0 Å². The van der Waals surface area contributed by atoms with Crippen LogP contribution in [0.15, 0.2) is 10.9 Å². The van der Waals surface area contributed by atoms with Gasteiger partial charge in [-0.25, -0.2) is 0 Å². The monoisotopic (exact) mass is 369 g/mol.